The molecule has 0 amide bonds. The highest BCUT2D eigenvalue weighted by atomic mass is 16.7. The van der Waals surface area contributed by atoms with Gasteiger partial charge in [-0.1, -0.05) is 33.3 Å². The lowest BCUT2D eigenvalue weighted by atomic mass is 9.46. The molecule has 0 unspecified atom stereocenters. The molecule has 9 heteroatoms. The molecule has 9 nitrogen and oxygen atoms in total. The van der Waals surface area contributed by atoms with Crippen molar-refractivity contribution >= 4 is 5.78 Å². The van der Waals surface area contributed by atoms with Gasteiger partial charge in [0, 0.05) is 18.8 Å². The molecular weight excluding hydrogens is 540 g/mol. The predicted octanol–water partition coefficient (Wildman–Crippen LogP) is 2.70. The lowest BCUT2D eigenvalue weighted by molar-refractivity contribution is -0.303. The monoisotopic (exact) mass is 592 g/mol. The Kier molecular flexibility index (Phi) is 8.26. The van der Waals surface area contributed by atoms with Gasteiger partial charge in [0.15, 0.2) is 17.9 Å². The van der Waals surface area contributed by atoms with Gasteiger partial charge < -0.3 is 39.7 Å². The zero-order chi connectivity index (χ0) is 30.2. The Bertz CT molecular complexity index is 1060. The van der Waals surface area contributed by atoms with Gasteiger partial charge in [-0.2, -0.15) is 0 Å². The second-order valence-corrected chi connectivity index (χ2v) is 15.2. The Labute approximate surface area is 249 Å². The molecule has 2 saturated heterocycles. The van der Waals surface area contributed by atoms with Gasteiger partial charge in [0.1, 0.15) is 24.4 Å². The predicted molar refractivity (Wildman–Crippen MR) is 153 cm³/mol. The van der Waals surface area contributed by atoms with Crippen LogP contribution < -0.4 is 0 Å². The fourth-order valence-corrected chi connectivity index (χ4v) is 10.5. The van der Waals surface area contributed by atoms with Crippen LogP contribution in [-0.4, -0.2) is 87.1 Å². The van der Waals surface area contributed by atoms with E-state index in [-0.39, 0.29) is 35.4 Å². The van der Waals surface area contributed by atoms with Crippen molar-refractivity contribution in [2.45, 2.75) is 128 Å². The molecule has 0 aromatic heterocycles. The summed E-state index contributed by atoms with van der Waals surface area (Å²) in [6, 6.07) is 0. The average molecular weight is 593 g/mol. The van der Waals surface area contributed by atoms with Crippen molar-refractivity contribution in [2.75, 3.05) is 13.2 Å². The smallest absolute Gasteiger partial charge is 0.186 e. The second kappa shape index (κ2) is 11.2. The molecule has 3 saturated carbocycles. The van der Waals surface area contributed by atoms with E-state index in [9.17, 15) is 30.3 Å². The number of carbonyl (C=O) groups excluding carboxylic acids is 1. The van der Waals surface area contributed by atoms with E-state index in [0.29, 0.717) is 48.7 Å². The van der Waals surface area contributed by atoms with Gasteiger partial charge in [-0.25, -0.2) is 0 Å². The van der Waals surface area contributed by atoms with Crippen LogP contribution in [0.3, 0.4) is 0 Å². The van der Waals surface area contributed by atoms with Crippen molar-refractivity contribution in [3.63, 3.8) is 0 Å². The highest BCUT2D eigenvalue weighted by Gasteiger charge is 2.67. The molecule has 0 aromatic rings. The van der Waals surface area contributed by atoms with Crippen LogP contribution in [0.4, 0.5) is 0 Å². The number of hydrogen-bond acceptors (Lipinski definition) is 9. The highest BCUT2D eigenvalue weighted by Crippen LogP contribution is 2.70. The normalized spacial score (nSPS) is 52.6. The van der Waals surface area contributed by atoms with E-state index in [1.165, 1.54) is 12.0 Å². The number of hydrogen-bond donors (Lipinski definition) is 5. The summed E-state index contributed by atoms with van der Waals surface area (Å²) in [5, 5.41) is 51.5. The molecular formula is C33H52O9. The first-order valence-corrected chi connectivity index (χ1v) is 16.4. The molecule has 6 aliphatic rings. The quantitative estimate of drug-likeness (QED) is 0.301. The van der Waals surface area contributed by atoms with Gasteiger partial charge in [0.2, 0.25) is 0 Å². The van der Waals surface area contributed by atoms with E-state index in [2.05, 4.69) is 20.8 Å². The maximum Gasteiger partial charge on any atom is 0.186 e. The van der Waals surface area contributed by atoms with Gasteiger partial charge >= 0.3 is 0 Å². The number of ketones is 1. The van der Waals surface area contributed by atoms with E-state index in [4.69, 9.17) is 14.2 Å². The molecule has 42 heavy (non-hydrogen) atoms. The molecule has 2 heterocycles. The minimum Gasteiger partial charge on any atom is -0.394 e. The third-order valence-corrected chi connectivity index (χ3v) is 13.0. The zero-order valence-corrected chi connectivity index (χ0v) is 25.7. The first-order chi connectivity index (χ1) is 19.8. The summed E-state index contributed by atoms with van der Waals surface area (Å²) in [6.45, 7) is 8.77. The molecule has 6 rings (SSSR count). The Morgan fingerprint density at radius 1 is 1.07 bits per heavy atom. The third kappa shape index (κ3) is 4.85. The standard InChI is InChI=1S/C33H52O9/c1-17(16-40-30-29(38)28(37)27(36)25(15-34)41-30)7-12-33(39)18(2)26-24(42-33)14-23-21-6-5-19-13-20(35)8-10-31(19,3)22(21)9-11-32(23,26)4/h13,17-18,21-30,34,36-39H,5-12,14-16H2,1-4H3/t17-,18+,21-,22+,23+,24+,25-,26+,27-,28+,29-,30-,31+,32+,33+/m1/s1. The summed E-state index contributed by atoms with van der Waals surface area (Å²) in [5.41, 5.74) is 1.68. The van der Waals surface area contributed by atoms with Crippen molar-refractivity contribution in [1.29, 1.82) is 0 Å². The van der Waals surface area contributed by atoms with E-state index in [1.54, 1.807) is 0 Å². The molecule has 0 radical (unpaired) electrons. The summed E-state index contributed by atoms with van der Waals surface area (Å²) in [6.07, 6.45) is 3.87. The van der Waals surface area contributed by atoms with Crippen molar-refractivity contribution in [1.82, 2.24) is 0 Å². The lowest BCUT2D eigenvalue weighted by Crippen LogP contribution is -2.59. The van der Waals surface area contributed by atoms with E-state index < -0.39 is 43.1 Å². The molecule has 5 N–H and O–H groups in total. The van der Waals surface area contributed by atoms with Crippen LogP contribution in [0.5, 0.6) is 0 Å². The van der Waals surface area contributed by atoms with Crippen molar-refractivity contribution < 1.29 is 44.5 Å². The van der Waals surface area contributed by atoms with Crippen LogP contribution >= 0.6 is 0 Å². The number of rotatable bonds is 7. The van der Waals surface area contributed by atoms with Crippen molar-refractivity contribution in [2.24, 2.45) is 46.3 Å². The van der Waals surface area contributed by atoms with Gasteiger partial charge in [-0.3, -0.25) is 4.79 Å². The molecule has 5 fully saturated rings. The van der Waals surface area contributed by atoms with E-state index in [0.717, 1.165) is 32.1 Å². The van der Waals surface area contributed by atoms with Gasteiger partial charge in [0.05, 0.1) is 19.3 Å². The van der Waals surface area contributed by atoms with Gasteiger partial charge in [-0.05, 0) is 91.4 Å². The van der Waals surface area contributed by atoms with Crippen LogP contribution in [-0.2, 0) is 19.0 Å². The van der Waals surface area contributed by atoms with Crippen LogP contribution in [0.15, 0.2) is 11.6 Å². The molecule has 238 valence electrons. The number of ether oxygens (including phenoxy) is 3. The minimum atomic E-state index is -1.47. The summed E-state index contributed by atoms with van der Waals surface area (Å²) in [7, 11) is 0. The molecule has 2 aliphatic heterocycles. The fourth-order valence-electron chi connectivity index (χ4n) is 10.5. The Hall–Kier alpha value is -0.910. The highest BCUT2D eigenvalue weighted by molar-refractivity contribution is 5.91. The Balaban J connectivity index is 1.06. The first kappa shape index (κ1) is 31.1. The fraction of sp³-hybridized carbons (Fsp3) is 0.909. The number of carbonyl (C=O) groups is 1. The summed E-state index contributed by atoms with van der Waals surface area (Å²) < 4.78 is 17.8. The SMILES string of the molecule is C[C@H](CC[C@]1(O)O[C@H]2C[C@H]3[C@@H]4CCC5=CC(=O)CC[C@]5(C)[C@H]4CC[C@]3(C)[C@H]2[C@@H]1C)CO[C@@H]1O[C@H](CO)[C@@H](O)[C@H](O)[C@H]1O. The Morgan fingerprint density at radius 3 is 2.57 bits per heavy atom. The van der Waals surface area contributed by atoms with Crippen LogP contribution in [0, 0.1) is 46.3 Å². The largest absolute Gasteiger partial charge is 0.394 e. The van der Waals surface area contributed by atoms with Crippen molar-refractivity contribution in [3.8, 4) is 0 Å². The first-order valence-electron chi connectivity index (χ1n) is 16.4. The molecule has 4 aliphatic carbocycles. The molecule has 0 bridgehead atoms. The van der Waals surface area contributed by atoms with E-state index in [1.807, 2.05) is 13.0 Å². The van der Waals surface area contributed by atoms with Gasteiger partial charge in [-0.15, -0.1) is 0 Å². The number of allylic oxidation sites excluding steroid dienone is 1. The number of aliphatic hydroxyl groups is 5. The van der Waals surface area contributed by atoms with Crippen LogP contribution in [0.1, 0.15) is 85.5 Å². The molecule has 0 spiro atoms. The lowest BCUT2D eigenvalue weighted by Gasteiger charge is -2.58. The van der Waals surface area contributed by atoms with Crippen LogP contribution in [0.25, 0.3) is 0 Å². The molecule has 15 atom stereocenters. The van der Waals surface area contributed by atoms with E-state index >= 15 is 0 Å². The second-order valence-electron chi connectivity index (χ2n) is 15.2. The third-order valence-electron chi connectivity index (χ3n) is 13.0. The van der Waals surface area contributed by atoms with Crippen molar-refractivity contribution in [3.05, 3.63) is 11.6 Å². The average Bonchev–Trinajstić information content (AvgIpc) is 3.39. The van der Waals surface area contributed by atoms with Crippen LogP contribution in [0.2, 0.25) is 0 Å². The summed E-state index contributed by atoms with van der Waals surface area (Å²) in [5.74, 6) is 1.29. The maximum absolute atomic E-state index is 12.2. The van der Waals surface area contributed by atoms with Gasteiger partial charge in [0.25, 0.3) is 0 Å². The number of fused-ring (bicyclic) bond motifs is 7. The molecule has 0 aromatic carbocycles. The number of aliphatic hydroxyl groups excluding tert-OH is 4. The topological polar surface area (TPSA) is 146 Å². The summed E-state index contributed by atoms with van der Waals surface area (Å²) >= 11 is 0. The minimum absolute atomic E-state index is 0.00884. The summed E-state index contributed by atoms with van der Waals surface area (Å²) in [4.78, 5) is 12.2. The zero-order valence-electron chi connectivity index (χ0n) is 25.7. The Morgan fingerprint density at radius 2 is 1.83 bits per heavy atom. The maximum atomic E-state index is 12.2.